The number of rotatable bonds is 4. The van der Waals surface area contributed by atoms with E-state index in [2.05, 4.69) is 4.98 Å². The van der Waals surface area contributed by atoms with Gasteiger partial charge in [-0.15, -0.1) is 11.3 Å². The Morgan fingerprint density at radius 3 is 2.95 bits per heavy atom. The van der Waals surface area contributed by atoms with Crippen LogP contribution in [0, 0.1) is 25.6 Å². The summed E-state index contributed by atoms with van der Waals surface area (Å²) in [7, 11) is 0. The van der Waals surface area contributed by atoms with Gasteiger partial charge in [0.2, 0.25) is 0 Å². The van der Waals surface area contributed by atoms with Gasteiger partial charge in [-0.05, 0) is 38.5 Å². The number of thiazole rings is 1. The molecular weight excluding hydrogens is 289 g/mol. The van der Waals surface area contributed by atoms with Crippen molar-refractivity contribution in [2.24, 2.45) is 5.92 Å². The molecule has 0 amide bonds. The molecule has 21 heavy (non-hydrogen) atoms. The number of ether oxygens (including phenoxy) is 2. The molecule has 0 saturated carbocycles. The zero-order chi connectivity index (χ0) is 14.8. The molecule has 0 aliphatic carbocycles. The lowest BCUT2D eigenvalue weighted by Crippen LogP contribution is -2.12. The molecule has 2 aromatic rings. The van der Waals surface area contributed by atoms with E-state index in [4.69, 9.17) is 9.47 Å². The molecule has 1 aliphatic rings. The molecule has 5 heteroatoms. The number of benzene rings is 1. The Morgan fingerprint density at radius 1 is 1.43 bits per heavy atom. The lowest BCUT2D eigenvalue weighted by atomic mass is 10.1. The quantitative estimate of drug-likeness (QED) is 0.856. The summed E-state index contributed by atoms with van der Waals surface area (Å²) in [5.41, 5.74) is 1.70. The van der Waals surface area contributed by atoms with E-state index in [0.717, 1.165) is 46.5 Å². The van der Waals surface area contributed by atoms with Crippen molar-refractivity contribution < 1.29 is 13.9 Å². The second-order valence-corrected chi connectivity index (χ2v) is 6.53. The molecule has 1 aromatic heterocycles. The van der Waals surface area contributed by atoms with Gasteiger partial charge in [-0.25, -0.2) is 9.37 Å². The van der Waals surface area contributed by atoms with Gasteiger partial charge in [-0.1, -0.05) is 0 Å². The summed E-state index contributed by atoms with van der Waals surface area (Å²) in [4.78, 5) is 5.39. The molecule has 1 atom stereocenters. The van der Waals surface area contributed by atoms with Crippen molar-refractivity contribution in [1.82, 2.24) is 4.98 Å². The van der Waals surface area contributed by atoms with Crippen molar-refractivity contribution >= 4 is 11.3 Å². The highest BCUT2D eigenvalue weighted by molar-refractivity contribution is 7.15. The van der Waals surface area contributed by atoms with Crippen molar-refractivity contribution in [3.63, 3.8) is 0 Å². The highest BCUT2D eigenvalue weighted by atomic mass is 32.1. The minimum absolute atomic E-state index is 0.257. The van der Waals surface area contributed by atoms with Gasteiger partial charge in [0.1, 0.15) is 11.6 Å². The van der Waals surface area contributed by atoms with Crippen LogP contribution in [0.4, 0.5) is 4.39 Å². The van der Waals surface area contributed by atoms with E-state index in [1.165, 1.54) is 12.1 Å². The predicted octanol–water partition coefficient (Wildman–Crippen LogP) is 3.98. The van der Waals surface area contributed by atoms with Gasteiger partial charge < -0.3 is 9.47 Å². The van der Waals surface area contributed by atoms with Gasteiger partial charge in [0, 0.05) is 18.1 Å². The summed E-state index contributed by atoms with van der Waals surface area (Å²) in [6.07, 6.45) is 1.02. The van der Waals surface area contributed by atoms with Gasteiger partial charge in [0.05, 0.1) is 28.8 Å². The van der Waals surface area contributed by atoms with Crippen molar-refractivity contribution in [1.29, 1.82) is 0 Å². The van der Waals surface area contributed by atoms with Crippen LogP contribution in [0.1, 0.15) is 17.1 Å². The number of hydrogen-bond acceptors (Lipinski definition) is 4. The summed E-state index contributed by atoms with van der Waals surface area (Å²) in [6.45, 7) is 6.05. The normalized spacial score (nSPS) is 18.1. The van der Waals surface area contributed by atoms with Crippen LogP contribution in [-0.2, 0) is 4.74 Å². The monoisotopic (exact) mass is 307 g/mol. The van der Waals surface area contributed by atoms with E-state index in [1.54, 1.807) is 17.4 Å². The average Bonchev–Trinajstić information content (AvgIpc) is 3.07. The van der Waals surface area contributed by atoms with Crippen LogP contribution in [0.5, 0.6) is 5.75 Å². The Morgan fingerprint density at radius 2 is 2.29 bits per heavy atom. The van der Waals surface area contributed by atoms with E-state index >= 15 is 0 Å². The van der Waals surface area contributed by atoms with Crippen molar-refractivity contribution in [2.75, 3.05) is 19.8 Å². The Hall–Kier alpha value is -1.46. The predicted molar refractivity (Wildman–Crippen MR) is 81.4 cm³/mol. The van der Waals surface area contributed by atoms with E-state index in [-0.39, 0.29) is 5.82 Å². The minimum atomic E-state index is -0.257. The fourth-order valence-corrected chi connectivity index (χ4v) is 3.45. The summed E-state index contributed by atoms with van der Waals surface area (Å²) in [6, 6.07) is 4.67. The summed E-state index contributed by atoms with van der Waals surface area (Å²) < 4.78 is 24.9. The standard InChI is InChI=1S/C16H18FNO2S/c1-10-16(21-11(2)18-10)14-7-13(17)3-4-15(14)20-9-12-5-6-19-8-12/h3-4,7,12H,5-6,8-9H2,1-2H3. The van der Waals surface area contributed by atoms with Crippen LogP contribution < -0.4 is 4.74 Å². The Kier molecular flexibility index (Phi) is 4.22. The Bertz CT molecular complexity index is 635. The molecule has 0 radical (unpaired) electrons. The second kappa shape index (κ2) is 6.12. The van der Waals surface area contributed by atoms with Crippen molar-refractivity contribution in [2.45, 2.75) is 20.3 Å². The van der Waals surface area contributed by atoms with Gasteiger partial charge in [0.15, 0.2) is 0 Å². The van der Waals surface area contributed by atoms with E-state index < -0.39 is 0 Å². The molecule has 1 aliphatic heterocycles. The molecule has 0 bridgehead atoms. The molecule has 1 saturated heterocycles. The summed E-state index contributed by atoms with van der Waals surface area (Å²) in [5, 5.41) is 0.974. The van der Waals surface area contributed by atoms with Crippen LogP contribution in [-0.4, -0.2) is 24.8 Å². The van der Waals surface area contributed by atoms with Crippen LogP contribution in [0.3, 0.4) is 0 Å². The minimum Gasteiger partial charge on any atom is -0.493 e. The lowest BCUT2D eigenvalue weighted by Gasteiger charge is -2.14. The first-order valence-electron chi connectivity index (χ1n) is 7.08. The molecule has 0 spiro atoms. The smallest absolute Gasteiger partial charge is 0.128 e. The van der Waals surface area contributed by atoms with E-state index in [1.807, 2.05) is 13.8 Å². The van der Waals surface area contributed by atoms with Crippen molar-refractivity contribution in [3.8, 4) is 16.2 Å². The van der Waals surface area contributed by atoms with Gasteiger partial charge in [-0.2, -0.15) is 0 Å². The maximum Gasteiger partial charge on any atom is 0.128 e. The number of halogens is 1. The number of aromatic nitrogens is 1. The largest absolute Gasteiger partial charge is 0.493 e. The highest BCUT2D eigenvalue weighted by Crippen LogP contribution is 2.37. The number of nitrogens with zero attached hydrogens (tertiary/aromatic N) is 1. The molecule has 112 valence electrons. The molecule has 3 nitrogen and oxygen atoms in total. The maximum atomic E-state index is 13.6. The van der Waals surface area contributed by atoms with Crippen LogP contribution >= 0.6 is 11.3 Å². The Balaban J connectivity index is 1.87. The SMILES string of the molecule is Cc1nc(C)c(-c2cc(F)ccc2OCC2CCOC2)s1. The van der Waals surface area contributed by atoms with Crippen LogP contribution in [0.15, 0.2) is 18.2 Å². The maximum absolute atomic E-state index is 13.6. The molecule has 1 unspecified atom stereocenters. The third-order valence-electron chi connectivity index (χ3n) is 3.59. The first-order valence-corrected chi connectivity index (χ1v) is 7.89. The van der Waals surface area contributed by atoms with Gasteiger partial charge in [0.25, 0.3) is 0 Å². The number of hydrogen-bond donors (Lipinski definition) is 0. The lowest BCUT2D eigenvalue weighted by molar-refractivity contribution is 0.167. The topological polar surface area (TPSA) is 31.4 Å². The summed E-state index contributed by atoms with van der Waals surface area (Å²) >= 11 is 1.57. The van der Waals surface area contributed by atoms with Gasteiger partial charge in [-0.3, -0.25) is 0 Å². The molecule has 1 aromatic carbocycles. The van der Waals surface area contributed by atoms with Crippen molar-refractivity contribution in [3.05, 3.63) is 34.7 Å². The Labute approximate surface area is 127 Å². The summed E-state index contributed by atoms with van der Waals surface area (Å²) in [5.74, 6) is 0.884. The fraction of sp³-hybridized carbons (Fsp3) is 0.438. The second-order valence-electron chi connectivity index (χ2n) is 5.33. The average molecular weight is 307 g/mol. The molecule has 1 fully saturated rings. The van der Waals surface area contributed by atoms with Crippen LogP contribution in [0.25, 0.3) is 10.4 Å². The third kappa shape index (κ3) is 3.24. The first kappa shape index (κ1) is 14.5. The highest BCUT2D eigenvalue weighted by Gasteiger charge is 2.19. The zero-order valence-corrected chi connectivity index (χ0v) is 13.0. The third-order valence-corrected chi connectivity index (χ3v) is 4.69. The molecular formula is C16H18FNO2S. The van der Waals surface area contributed by atoms with Gasteiger partial charge >= 0.3 is 0 Å². The van der Waals surface area contributed by atoms with E-state index in [9.17, 15) is 4.39 Å². The molecule has 2 heterocycles. The number of aryl methyl sites for hydroxylation is 2. The van der Waals surface area contributed by atoms with Crippen LogP contribution in [0.2, 0.25) is 0 Å². The molecule has 0 N–H and O–H groups in total. The molecule has 3 rings (SSSR count). The first-order chi connectivity index (χ1) is 10.1. The zero-order valence-electron chi connectivity index (χ0n) is 12.2. The fourth-order valence-electron chi connectivity index (χ4n) is 2.51. The van der Waals surface area contributed by atoms with E-state index in [0.29, 0.717) is 12.5 Å².